The van der Waals surface area contributed by atoms with Crippen LogP contribution in [0.5, 0.6) is 0 Å². The third-order valence-electron chi connectivity index (χ3n) is 5.13. The largest absolute Gasteiger partial charge is 0.347 e. The van der Waals surface area contributed by atoms with E-state index < -0.39 is 6.17 Å². The van der Waals surface area contributed by atoms with Crippen LogP contribution in [0.2, 0.25) is 0 Å². The van der Waals surface area contributed by atoms with Gasteiger partial charge in [0.2, 0.25) is 0 Å². The third kappa shape index (κ3) is 3.77. The van der Waals surface area contributed by atoms with E-state index in [1.54, 1.807) is 12.1 Å². The Labute approximate surface area is 189 Å². The molecule has 0 bridgehead atoms. The fourth-order valence-corrected chi connectivity index (χ4v) is 4.61. The lowest BCUT2D eigenvalue weighted by Gasteiger charge is -2.36. The van der Waals surface area contributed by atoms with Crippen LogP contribution in [0.15, 0.2) is 94.7 Å². The van der Waals surface area contributed by atoms with E-state index in [0.29, 0.717) is 5.56 Å². The van der Waals surface area contributed by atoms with Crippen molar-refractivity contribution in [3.8, 4) is 0 Å². The summed E-state index contributed by atoms with van der Waals surface area (Å²) in [6.07, 6.45) is 2.29. The summed E-state index contributed by atoms with van der Waals surface area (Å²) in [4.78, 5) is 16.2. The maximum Gasteiger partial charge on any atom is 0.163 e. The molecule has 1 unspecified atom stereocenters. The standard InChI is InChI=1S/C25H20FIN2O/c1-28-24(17-30)29(19-12-6-3-7-13-19)23(27)16-21(20-14-8-9-15-22(20)26)25(28)18-10-4-2-5-11-18/h2-17,24H,1H3. The van der Waals surface area contributed by atoms with E-state index in [1.165, 1.54) is 6.07 Å². The van der Waals surface area contributed by atoms with Crippen molar-refractivity contribution < 1.29 is 9.18 Å². The smallest absolute Gasteiger partial charge is 0.163 e. The summed E-state index contributed by atoms with van der Waals surface area (Å²) >= 11 is 2.22. The predicted octanol–water partition coefficient (Wildman–Crippen LogP) is 5.95. The molecule has 3 nitrogen and oxygen atoms in total. The number of para-hydroxylation sites is 1. The lowest BCUT2D eigenvalue weighted by Crippen LogP contribution is -2.45. The second-order valence-electron chi connectivity index (χ2n) is 6.94. The van der Waals surface area contributed by atoms with Gasteiger partial charge in [0.25, 0.3) is 0 Å². The zero-order valence-electron chi connectivity index (χ0n) is 16.4. The van der Waals surface area contributed by atoms with Gasteiger partial charge in [0, 0.05) is 23.9 Å². The molecule has 0 aliphatic carbocycles. The Bertz CT molecular complexity index is 1110. The number of hydrogen-bond acceptors (Lipinski definition) is 3. The van der Waals surface area contributed by atoms with Crippen molar-refractivity contribution in [3.63, 3.8) is 0 Å². The van der Waals surface area contributed by atoms with Crippen molar-refractivity contribution in [2.45, 2.75) is 6.17 Å². The van der Waals surface area contributed by atoms with Gasteiger partial charge in [-0.15, -0.1) is 0 Å². The molecule has 3 aromatic carbocycles. The van der Waals surface area contributed by atoms with Gasteiger partial charge in [0.05, 0.1) is 9.40 Å². The molecule has 0 fully saturated rings. The Morgan fingerprint density at radius 3 is 2.13 bits per heavy atom. The average molecular weight is 510 g/mol. The summed E-state index contributed by atoms with van der Waals surface area (Å²) < 4.78 is 15.7. The molecule has 0 aromatic heterocycles. The number of aldehydes is 1. The van der Waals surface area contributed by atoms with Crippen molar-refractivity contribution in [1.82, 2.24) is 4.90 Å². The van der Waals surface area contributed by atoms with Gasteiger partial charge in [-0.25, -0.2) is 4.39 Å². The topological polar surface area (TPSA) is 23.6 Å². The monoisotopic (exact) mass is 510 g/mol. The van der Waals surface area contributed by atoms with E-state index in [-0.39, 0.29) is 5.82 Å². The summed E-state index contributed by atoms with van der Waals surface area (Å²) in [5, 5.41) is 0. The average Bonchev–Trinajstić information content (AvgIpc) is 2.88. The molecule has 30 heavy (non-hydrogen) atoms. The van der Waals surface area contributed by atoms with Crippen LogP contribution in [-0.2, 0) is 4.79 Å². The first-order valence-electron chi connectivity index (χ1n) is 9.56. The van der Waals surface area contributed by atoms with Gasteiger partial charge >= 0.3 is 0 Å². The first kappa shape index (κ1) is 20.3. The molecule has 4 rings (SSSR count). The number of likely N-dealkylation sites (N-methyl/N-ethyl adjacent to an activating group) is 1. The molecule has 0 N–H and O–H groups in total. The Kier molecular flexibility index (Phi) is 5.99. The Morgan fingerprint density at radius 2 is 1.50 bits per heavy atom. The number of hydrogen-bond donors (Lipinski definition) is 0. The SMILES string of the molecule is CN1C(c2ccccc2)=C(c2ccccc2F)C=C(I)N(c2ccccc2)C1C=O. The second kappa shape index (κ2) is 8.83. The van der Waals surface area contributed by atoms with Crippen LogP contribution < -0.4 is 4.90 Å². The molecule has 0 saturated heterocycles. The van der Waals surface area contributed by atoms with Gasteiger partial charge in [-0.1, -0.05) is 66.7 Å². The number of allylic oxidation sites excluding steroid dienone is 2. The van der Waals surface area contributed by atoms with Crippen molar-refractivity contribution in [1.29, 1.82) is 0 Å². The molecule has 0 radical (unpaired) electrons. The Morgan fingerprint density at radius 1 is 0.900 bits per heavy atom. The lowest BCUT2D eigenvalue weighted by molar-refractivity contribution is -0.110. The number of nitrogens with zero attached hydrogens (tertiary/aromatic N) is 2. The Hall–Kier alpha value is -2.93. The van der Waals surface area contributed by atoms with Gasteiger partial charge in [-0.3, -0.25) is 4.79 Å². The molecule has 3 aromatic rings. The molecular weight excluding hydrogens is 490 g/mol. The highest BCUT2D eigenvalue weighted by atomic mass is 127. The van der Waals surface area contributed by atoms with Gasteiger partial charge < -0.3 is 9.80 Å². The summed E-state index contributed by atoms with van der Waals surface area (Å²) in [7, 11) is 1.88. The second-order valence-corrected chi connectivity index (χ2v) is 8.05. The van der Waals surface area contributed by atoms with E-state index in [0.717, 1.165) is 32.5 Å². The molecule has 5 heteroatoms. The molecule has 1 heterocycles. The molecule has 1 aliphatic heterocycles. The number of anilines is 1. The summed E-state index contributed by atoms with van der Waals surface area (Å²) in [5.74, 6) is -0.300. The van der Waals surface area contributed by atoms with Gasteiger partial charge in [0.15, 0.2) is 12.5 Å². The van der Waals surface area contributed by atoms with Crippen LogP contribution in [0.25, 0.3) is 11.3 Å². The first-order valence-corrected chi connectivity index (χ1v) is 10.6. The molecule has 1 atom stereocenters. The molecular formula is C25H20FIN2O. The van der Waals surface area contributed by atoms with E-state index in [9.17, 15) is 9.18 Å². The fourth-order valence-electron chi connectivity index (χ4n) is 3.74. The van der Waals surface area contributed by atoms with Crippen LogP contribution >= 0.6 is 22.6 Å². The van der Waals surface area contributed by atoms with E-state index in [2.05, 4.69) is 22.6 Å². The minimum atomic E-state index is -0.588. The highest BCUT2D eigenvalue weighted by molar-refractivity contribution is 14.1. The van der Waals surface area contributed by atoms with Crippen LogP contribution in [0.3, 0.4) is 0 Å². The van der Waals surface area contributed by atoms with Crippen molar-refractivity contribution in [3.05, 3.63) is 112 Å². The van der Waals surface area contributed by atoms with Crippen LogP contribution in [0, 0.1) is 5.82 Å². The van der Waals surface area contributed by atoms with Crippen LogP contribution in [0.4, 0.5) is 10.1 Å². The third-order valence-corrected chi connectivity index (χ3v) is 5.96. The van der Waals surface area contributed by atoms with E-state index in [1.807, 2.05) is 89.7 Å². The molecule has 150 valence electrons. The number of halogens is 2. The maximum atomic E-state index is 14.9. The number of carbonyl (C=O) groups is 1. The summed E-state index contributed by atoms with van der Waals surface area (Å²) in [6.45, 7) is 0. The molecule has 0 amide bonds. The molecule has 1 aliphatic rings. The van der Waals surface area contributed by atoms with E-state index in [4.69, 9.17) is 0 Å². The lowest BCUT2D eigenvalue weighted by atomic mass is 9.98. The number of rotatable bonds is 4. The zero-order chi connectivity index (χ0) is 21.1. The van der Waals surface area contributed by atoms with Crippen molar-refractivity contribution in [2.75, 3.05) is 11.9 Å². The zero-order valence-corrected chi connectivity index (χ0v) is 18.5. The highest BCUT2D eigenvalue weighted by Gasteiger charge is 2.32. The highest BCUT2D eigenvalue weighted by Crippen LogP contribution is 2.39. The van der Waals surface area contributed by atoms with Gasteiger partial charge in [-0.2, -0.15) is 0 Å². The van der Waals surface area contributed by atoms with E-state index >= 15 is 0 Å². The first-order chi connectivity index (χ1) is 14.6. The number of carbonyl (C=O) groups excluding carboxylic acids is 1. The summed E-state index contributed by atoms with van der Waals surface area (Å²) in [6, 6.07) is 26.3. The van der Waals surface area contributed by atoms with Gasteiger partial charge in [0.1, 0.15) is 5.82 Å². The number of benzene rings is 3. The molecule has 0 saturated carbocycles. The van der Waals surface area contributed by atoms with Crippen molar-refractivity contribution >= 4 is 45.8 Å². The maximum absolute atomic E-state index is 14.9. The van der Waals surface area contributed by atoms with Crippen molar-refractivity contribution in [2.24, 2.45) is 0 Å². The molecule has 0 spiro atoms. The quantitative estimate of drug-likeness (QED) is 0.246. The summed E-state index contributed by atoms with van der Waals surface area (Å²) in [5.41, 5.74) is 3.84. The van der Waals surface area contributed by atoms with Gasteiger partial charge in [-0.05, 0) is 52.4 Å². The Balaban J connectivity index is 2.00. The normalized spacial score (nSPS) is 16.9. The minimum absolute atomic E-state index is 0.300. The fraction of sp³-hybridized carbons (Fsp3) is 0.0800. The van der Waals surface area contributed by atoms with Crippen LogP contribution in [-0.4, -0.2) is 24.4 Å². The van der Waals surface area contributed by atoms with Crippen LogP contribution in [0.1, 0.15) is 11.1 Å². The minimum Gasteiger partial charge on any atom is -0.347 e. The predicted molar refractivity (Wildman–Crippen MR) is 128 cm³/mol.